The van der Waals surface area contributed by atoms with E-state index < -0.39 is 41.4 Å². The fraction of sp³-hybridized carbons (Fsp3) is 0.400. The van der Waals surface area contributed by atoms with Crippen LogP contribution >= 0.6 is 0 Å². The number of amides is 2. The van der Waals surface area contributed by atoms with Gasteiger partial charge in [-0.1, -0.05) is 17.3 Å². The molecule has 216 valence electrons. The van der Waals surface area contributed by atoms with Gasteiger partial charge in [0, 0.05) is 25.4 Å². The van der Waals surface area contributed by atoms with Crippen molar-refractivity contribution >= 4 is 17.7 Å². The maximum atomic E-state index is 14.6. The van der Waals surface area contributed by atoms with E-state index in [1.165, 1.54) is 41.2 Å². The van der Waals surface area contributed by atoms with Gasteiger partial charge in [-0.05, 0) is 51.0 Å². The van der Waals surface area contributed by atoms with Crippen molar-refractivity contribution in [3.05, 3.63) is 70.4 Å². The smallest absolute Gasteiger partial charge is 0.444 e. The minimum Gasteiger partial charge on any atom is -0.444 e. The molecule has 3 rings (SSSR count). The Morgan fingerprint density at radius 1 is 1.12 bits per heavy atom. The second-order valence-electron chi connectivity index (χ2n) is 9.66. The van der Waals surface area contributed by atoms with E-state index in [1.807, 2.05) is 0 Å². The van der Waals surface area contributed by atoms with E-state index in [9.17, 15) is 31.9 Å². The normalized spacial score (nSPS) is 12.5. The van der Waals surface area contributed by atoms with Crippen LogP contribution in [0.5, 0.6) is 5.75 Å². The van der Waals surface area contributed by atoms with Gasteiger partial charge in [0.2, 0.25) is 0 Å². The molecule has 0 saturated heterocycles. The summed E-state index contributed by atoms with van der Waals surface area (Å²) in [6, 6.07) is 7.80. The van der Waals surface area contributed by atoms with Crippen molar-refractivity contribution in [2.75, 3.05) is 5.32 Å². The molecule has 2 N–H and O–H groups in total. The molecule has 0 saturated carbocycles. The van der Waals surface area contributed by atoms with E-state index in [2.05, 4.69) is 25.7 Å². The number of nitrogens with one attached hydrogen (secondary N) is 2. The quantitative estimate of drug-likeness (QED) is 0.353. The third-order valence-corrected chi connectivity index (χ3v) is 5.07. The van der Waals surface area contributed by atoms with Crippen molar-refractivity contribution < 1.29 is 36.6 Å². The number of nitrogens with zero attached hydrogens (tertiary/aromatic N) is 4. The lowest BCUT2D eigenvalue weighted by Gasteiger charge is -2.19. The van der Waals surface area contributed by atoms with Gasteiger partial charge in [-0.2, -0.15) is 0 Å². The molecule has 2 amide bonds. The van der Waals surface area contributed by atoms with Crippen molar-refractivity contribution in [1.29, 1.82) is 0 Å². The van der Waals surface area contributed by atoms with Gasteiger partial charge in [0.1, 0.15) is 17.5 Å². The fourth-order valence-electron chi connectivity index (χ4n) is 3.38. The molecule has 2 heterocycles. The van der Waals surface area contributed by atoms with Crippen LogP contribution in [0.2, 0.25) is 0 Å². The Kier molecular flexibility index (Phi) is 9.50. The zero-order valence-corrected chi connectivity index (χ0v) is 21.9. The van der Waals surface area contributed by atoms with Gasteiger partial charge >= 0.3 is 12.5 Å². The summed E-state index contributed by atoms with van der Waals surface area (Å²) in [5, 5.41) is 12.4. The summed E-state index contributed by atoms with van der Waals surface area (Å²) in [7, 11) is 0. The first-order chi connectivity index (χ1) is 18.7. The summed E-state index contributed by atoms with van der Waals surface area (Å²) in [5.41, 5.74) is -0.664. The van der Waals surface area contributed by atoms with Crippen LogP contribution in [0.3, 0.4) is 0 Å². The number of ether oxygens (including phenoxy) is 2. The highest BCUT2D eigenvalue weighted by Crippen LogP contribution is 2.23. The largest absolute Gasteiger partial charge is 0.573 e. The van der Waals surface area contributed by atoms with Crippen LogP contribution in [0.25, 0.3) is 0 Å². The van der Waals surface area contributed by atoms with Crippen molar-refractivity contribution in [3.8, 4) is 5.75 Å². The molecule has 0 aliphatic carbocycles. The molecular weight excluding hydrogens is 540 g/mol. The summed E-state index contributed by atoms with van der Waals surface area (Å²) >= 11 is 0. The maximum Gasteiger partial charge on any atom is 0.573 e. The SMILES string of the molecule is CC(C)(C)OC(=O)Nc1ccn(CCC(F)Cn2cc(C(=O)NCc3cccc(OC(F)(F)F)c3)nn2)c(=O)c1. The van der Waals surface area contributed by atoms with Gasteiger partial charge in [-0.25, -0.2) is 13.9 Å². The minimum absolute atomic E-state index is 0.0452. The van der Waals surface area contributed by atoms with Crippen LogP contribution in [0.4, 0.5) is 28.0 Å². The monoisotopic (exact) mass is 568 g/mol. The molecule has 11 nitrogen and oxygen atoms in total. The molecule has 1 aromatic carbocycles. The van der Waals surface area contributed by atoms with Crippen LogP contribution in [-0.2, 0) is 24.4 Å². The van der Waals surface area contributed by atoms with E-state index in [4.69, 9.17) is 4.74 Å². The minimum atomic E-state index is -4.84. The topological polar surface area (TPSA) is 129 Å². The highest BCUT2D eigenvalue weighted by atomic mass is 19.4. The number of hydrogen-bond acceptors (Lipinski definition) is 7. The number of anilines is 1. The molecule has 0 radical (unpaired) electrons. The number of hydrogen-bond donors (Lipinski definition) is 2. The summed E-state index contributed by atoms with van der Waals surface area (Å²) in [4.78, 5) is 36.5. The van der Waals surface area contributed by atoms with Crippen molar-refractivity contribution in [3.63, 3.8) is 0 Å². The van der Waals surface area contributed by atoms with Crippen LogP contribution < -0.4 is 20.9 Å². The lowest BCUT2D eigenvalue weighted by molar-refractivity contribution is -0.274. The summed E-state index contributed by atoms with van der Waals surface area (Å²) in [5.74, 6) is -1.08. The number of rotatable bonds is 10. The van der Waals surface area contributed by atoms with Gasteiger partial charge in [0.05, 0.1) is 18.4 Å². The number of halogens is 4. The maximum absolute atomic E-state index is 14.6. The number of aryl methyl sites for hydroxylation is 1. The van der Waals surface area contributed by atoms with Crippen molar-refractivity contribution in [2.45, 2.75) is 65.0 Å². The van der Waals surface area contributed by atoms with Crippen molar-refractivity contribution in [1.82, 2.24) is 24.9 Å². The standard InChI is InChI=1S/C25H28F4N6O5/c1-24(2,3)40-23(38)31-18-8-10-34(21(36)12-18)9-7-17(26)14-35-15-20(32-33-35)22(37)30-13-16-5-4-6-19(11-16)39-25(27,28)29/h4-6,8,10-12,15,17H,7,9,13-14H2,1-3H3,(H,30,37)(H,31,38). The van der Waals surface area contributed by atoms with Crippen LogP contribution in [0.1, 0.15) is 43.2 Å². The highest BCUT2D eigenvalue weighted by Gasteiger charge is 2.31. The summed E-state index contributed by atoms with van der Waals surface area (Å²) in [6.07, 6.45) is -4.37. The van der Waals surface area contributed by atoms with E-state index in [1.54, 1.807) is 20.8 Å². The number of alkyl halides is 4. The zero-order valence-electron chi connectivity index (χ0n) is 21.9. The highest BCUT2D eigenvalue weighted by molar-refractivity contribution is 5.91. The Bertz CT molecular complexity index is 1380. The van der Waals surface area contributed by atoms with E-state index in [-0.39, 0.29) is 37.4 Å². The Labute approximate surface area is 226 Å². The van der Waals surface area contributed by atoms with E-state index in [0.29, 0.717) is 5.56 Å². The van der Waals surface area contributed by atoms with Crippen molar-refractivity contribution in [2.24, 2.45) is 0 Å². The fourth-order valence-corrected chi connectivity index (χ4v) is 3.38. The molecule has 1 unspecified atom stereocenters. The number of carbonyl (C=O) groups is 2. The van der Waals surface area contributed by atoms with Gasteiger partial charge in [0.25, 0.3) is 11.5 Å². The second kappa shape index (κ2) is 12.6. The Morgan fingerprint density at radius 3 is 2.55 bits per heavy atom. The zero-order chi connectivity index (χ0) is 29.5. The molecule has 0 aliphatic rings. The molecule has 0 aliphatic heterocycles. The van der Waals surface area contributed by atoms with Gasteiger partial charge in [-0.15, -0.1) is 18.3 Å². The molecule has 1 atom stereocenters. The number of aromatic nitrogens is 4. The third-order valence-electron chi connectivity index (χ3n) is 5.07. The molecule has 2 aromatic heterocycles. The first kappa shape index (κ1) is 30.1. The van der Waals surface area contributed by atoms with Crippen LogP contribution in [-0.4, -0.2) is 49.7 Å². The number of carbonyl (C=O) groups excluding carboxylic acids is 2. The average Bonchev–Trinajstić information content (AvgIpc) is 3.28. The predicted octanol–water partition coefficient (Wildman–Crippen LogP) is 4.04. The number of pyridine rings is 1. The summed E-state index contributed by atoms with van der Waals surface area (Å²) in [6.45, 7) is 4.83. The van der Waals surface area contributed by atoms with Gasteiger partial charge in [-0.3, -0.25) is 14.9 Å². The number of benzene rings is 1. The molecule has 3 aromatic rings. The first-order valence-electron chi connectivity index (χ1n) is 12.0. The molecular formula is C25H28F4N6O5. The molecule has 0 fully saturated rings. The van der Waals surface area contributed by atoms with Crippen LogP contribution in [0.15, 0.2) is 53.6 Å². The lowest BCUT2D eigenvalue weighted by atomic mass is 10.2. The Morgan fingerprint density at radius 2 is 1.88 bits per heavy atom. The molecule has 0 bridgehead atoms. The Balaban J connectivity index is 1.47. The van der Waals surface area contributed by atoms with Gasteiger partial charge in [0.15, 0.2) is 5.69 Å². The van der Waals surface area contributed by atoms with E-state index >= 15 is 0 Å². The molecule has 40 heavy (non-hydrogen) atoms. The van der Waals surface area contributed by atoms with Crippen LogP contribution in [0, 0.1) is 0 Å². The van der Waals surface area contributed by atoms with Gasteiger partial charge < -0.3 is 19.4 Å². The Hall–Kier alpha value is -4.43. The predicted molar refractivity (Wildman–Crippen MR) is 134 cm³/mol. The average molecular weight is 569 g/mol. The van der Waals surface area contributed by atoms with E-state index in [0.717, 1.165) is 16.8 Å². The first-order valence-corrected chi connectivity index (χ1v) is 12.0. The molecule has 0 spiro atoms. The third kappa shape index (κ3) is 10.0. The molecule has 15 heteroatoms. The lowest BCUT2D eigenvalue weighted by Crippen LogP contribution is -2.28. The second-order valence-corrected chi connectivity index (χ2v) is 9.66. The summed E-state index contributed by atoms with van der Waals surface area (Å²) < 4.78 is 63.1.